The Bertz CT molecular complexity index is 1320. The lowest BCUT2D eigenvalue weighted by Gasteiger charge is -2.42. The number of nitrogens with zero attached hydrogens (tertiary/aromatic N) is 5. The lowest BCUT2D eigenvalue weighted by Crippen LogP contribution is -2.52. The minimum atomic E-state index is -5.08. The zero-order valence-corrected chi connectivity index (χ0v) is 21.2. The number of aliphatic carboxylic acids is 1. The molecule has 3 aromatic rings. The van der Waals surface area contributed by atoms with Crippen molar-refractivity contribution >= 4 is 17.8 Å². The number of carbonyl (C=O) groups excluding carboxylic acids is 2. The van der Waals surface area contributed by atoms with E-state index in [1.165, 1.54) is 0 Å². The van der Waals surface area contributed by atoms with Crippen LogP contribution in [0.4, 0.5) is 13.2 Å². The highest BCUT2D eigenvalue weighted by molar-refractivity contribution is 5.95. The van der Waals surface area contributed by atoms with Crippen molar-refractivity contribution in [2.75, 3.05) is 19.6 Å². The van der Waals surface area contributed by atoms with Gasteiger partial charge in [0.05, 0.1) is 5.41 Å². The lowest BCUT2D eigenvalue weighted by molar-refractivity contribution is -0.192. The van der Waals surface area contributed by atoms with E-state index in [2.05, 4.69) is 22.2 Å². The topological polar surface area (TPSA) is 109 Å². The van der Waals surface area contributed by atoms with Crippen LogP contribution in [0.25, 0.3) is 0 Å². The Morgan fingerprint density at radius 3 is 2.33 bits per heavy atom. The molecule has 0 unspecified atom stereocenters. The number of alkyl halides is 3. The molecule has 5 rings (SSSR count). The molecule has 2 atom stereocenters. The van der Waals surface area contributed by atoms with Crippen molar-refractivity contribution in [2.24, 2.45) is 12.5 Å². The first-order valence-electron chi connectivity index (χ1n) is 12.3. The number of benzene rings is 1. The number of carboxylic acids is 1. The standard InChI is InChI=1S/C25H27N5O2.C2HF3O2/c1-28-22(10-14-27-28)21-17-30(23(31)20-8-12-26-13-9-20)18-25(21)11-5-15-29(24(25)32)16-19-6-3-2-4-7-19;3-2(4,5)1(6)7/h2-4,6-10,12-14,21H,5,11,15-18H2,1H3;(H,6,7)/t21-,25+;/m0./s1. The highest BCUT2D eigenvalue weighted by Crippen LogP contribution is 2.49. The van der Waals surface area contributed by atoms with Crippen LogP contribution in [-0.4, -0.2) is 73.3 Å². The van der Waals surface area contributed by atoms with Crippen LogP contribution in [0.2, 0.25) is 0 Å². The third-order valence-electron chi connectivity index (χ3n) is 7.20. The third-order valence-corrected chi connectivity index (χ3v) is 7.20. The Hall–Kier alpha value is -4.22. The van der Waals surface area contributed by atoms with Crippen LogP contribution in [0.3, 0.4) is 0 Å². The molecular formula is C27H28F3N5O4. The summed E-state index contributed by atoms with van der Waals surface area (Å²) >= 11 is 0. The fourth-order valence-corrected chi connectivity index (χ4v) is 5.38. The highest BCUT2D eigenvalue weighted by Gasteiger charge is 2.57. The summed E-state index contributed by atoms with van der Waals surface area (Å²) in [7, 11) is 1.91. The summed E-state index contributed by atoms with van der Waals surface area (Å²) in [4.78, 5) is 44.1. The fraction of sp³-hybridized carbons (Fsp3) is 0.370. The van der Waals surface area contributed by atoms with Gasteiger partial charge in [-0.15, -0.1) is 0 Å². The van der Waals surface area contributed by atoms with Crippen molar-refractivity contribution in [2.45, 2.75) is 31.5 Å². The van der Waals surface area contributed by atoms with Gasteiger partial charge in [-0.3, -0.25) is 19.3 Å². The number of halogens is 3. The van der Waals surface area contributed by atoms with E-state index in [1.807, 2.05) is 45.8 Å². The maximum Gasteiger partial charge on any atom is 0.490 e. The first-order valence-corrected chi connectivity index (χ1v) is 12.3. The van der Waals surface area contributed by atoms with Gasteiger partial charge in [0.25, 0.3) is 5.91 Å². The summed E-state index contributed by atoms with van der Waals surface area (Å²) < 4.78 is 33.6. The molecule has 9 nitrogen and oxygen atoms in total. The molecular weight excluding hydrogens is 515 g/mol. The molecule has 1 aromatic carbocycles. The van der Waals surface area contributed by atoms with Crippen molar-refractivity contribution in [3.8, 4) is 0 Å². The Labute approximate surface area is 222 Å². The summed E-state index contributed by atoms with van der Waals surface area (Å²) in [5, 5.41) is 11.5. The lowest BCUT2D eigenvalue weighted by atomic mass is 9.70. The monoisotopic (exact) mass is 543 g/mol. The minimum absolute atomic E-state index is 0.0515. The van der Waals surface area contributed by atoms with Crippen molar-refractivity contribution in [1.29, 1.82) is 0 Å². The molecule has 0 aliphatic carbocycles. The van der Waals surface area contributed by atoms with E-state index in [1.54, 1.807) is 30.7 Å². The summed E-state index contributed by atoms with van der Waals surface area (Å²) in [6.07, 6.45) is 1.64. The Kier molecular flexibility index (Phi) is 8.03. The molecule has 0 saturated carbocycles. The van der Waals surface area contributed by atoms with Crippen LogP contribution in [0.5, 0.6) is 0 Å². The van der Waals surface area contributed by atoms with Crippen molar-refractivity contribution in [3.05, 3.63) is 83.9 Å². The first-order chi connectivity index (χ1) is 18.5. The second kappa shape index (κ2) is 11.3. The average molecular weight is 544 g/mol. The highest BCUT2D eigenvalue weighted by atomic mass is 19.4. The van der Waals surface area contributed by atoms with Gasteiger partial charge in [0, 0.05) is 69.0 Å². The van der Waals surface area contributed by atoms with Crippen LogP contribution < -0.4 is 0 Å². The second-order valence-electron chi connectivity index (χ2n) is 9.63. The Balaban J connectivity index is 0.000000448. The molecule has 39 heavy (non-hydrogen) atoms. The number of rotatable bonds is 4. The van der Waals surface area contributed by atoms with E-state index in [4.69, 9.17) is 9.90 Å². The number of likely N-dealkylation sites (tertiary alicyclic amines) is 2. The van der Waals surface area contributed by atoms with Gasteiger partial charge < -0.3 is 14.9 Å². The molecule has 2 aromatic heterocycles. The number of carbonyl (C=O) groups is 3. The number of carboxylic acid groups (broad SMARTS) is 1. The van der Waals surface area contributed by atoms with Crippen molar-refractivity contribution in [1.82, 2.24) is 24.6 Å². The molecule has 2 aliphatic rings. The van der Waals surface area contributed by atoms with Crippen LogP contribution in [0, 0.1) is 5.41 Å². The van der Waals surface area contributed by atoms with Gasteiger partial charge in [0.15, 0.2) is 0 Å². The quantitative estimate of drug-likeness (QED) is 0.540. The Morgan fingerprint density at radius 1 is 1.08 bits per heavy atom. The van der Waals surface area contributed by atoms with Crippen molar-refractivity contribution in [3.63, 3.8) is 0 Å². The SMILES string of the molecule is Cn1nccc1[C@@H]1CN(C(=O)c2ccncc2)C[C@]12CCCN(Cc1ccccc1)C2=O.O=C(O)C(F)(F)F. The van der Waals surface area contributed by atoms with Crippen LogP contribution in [0.15, 0.2) is 67.1 Å². The molecule has 2 saturated heterocycles. The van der Waals surface area contributed by atoms with Gasteiger partial charge in [-0.25, -0.2) is 4.79 Å². The van der Waals surface area contributed by atoms with Gasteiger partial charge in [-0.05, 0) is 36.6 Å². The molecule has 2 fully saturated rings. The van der Waals surface area contributed by atoms with E-state index in [9.17, 15) is 22.8 Å². The molecule has 0 bridgehead atoms. The summed E-state index contributed by atoms with van der Waals surface area (Å²) in [6, 6.07) is 15.6. The van der Waals surface area contributed by atoms with E-state index < -0.39 is 17.6 Å². The largest absolute Gasteiger partial charge is 0.490 e. The maximum atomic E-state index is 14.0. The van der Waals surface area contributed by atoms with Crippen LogP contribution in [0.1, 0.15) is 40.4 Å². The van der Waals surface area contributed by atoms with Crippen molar-refractivity contribution < 1.29 is 32.7 Å². The van der Waals surface area contributed by atoms with Gasteiger partial charge in [-0.2, -0.15) is 18.3 Å². The molecule has 2 aliphatic heterocycles. The molecule has 1 spiro atoms. The average Bonchev–Trinajstić information content (AvgIpc) is 3.51. The summed E-state index contributed by atoms with van der Waals surface area (Å²) in [5.41, 5.74) is 2.09. The van der Waals surface area contributed by atoms with Crippen LogP contribution >= 0.6 is 0 Å². The number of aromatic nitrogens is 3. The fourth-order valence-electron chi connectivity index (χ4n) is 5.38. The summed E-state index contributed by atoms with van der Waals surface area (Å²) in [5.74, 6) is -2.76. The van der Waals surface area contributed by atoms with Gasteiger partial charge in [0.1, 0.15) is 0 Å². The number of amides is 2. The zero-order chi connectivity index (χ0) is 28.2. The maximum absolute atomic E-state index is 14.0. The third kappa shape index (κ3) is 5.94. The predicted octanol–water partition coefficient (Wildman–Crippen LogP) is 3.50. The first kappa shape index (κ1) is 27.8. The van der Waals surface area contributed by atoms with Gasteiger partial charge >= 0.3 is 12.1 Å². The number of piperidine rings is 1. The molecule has 1 N–H and O–H groups in total. The number of hydrogen-bond donors (Lipinski definition) is 1. The van der Waals surface area contributed by atoms with Gasteiger partial charge in [0.2, 0.25) is 5.91 Å². The van der Waals surface area contributed by atoms with Crippen LogP contribution in [-0.2, 0) is 23.2 Å². The molecule has 0 radical (unpaired) electrons. The summed E-state index contributed by atoms with van der Waals surface area (Å²) in [6.45, 7) is 2.27. The molecule has 4 heterocycles. The van der Waals surface area contributed by atoms with E-state index in [-0.39, 0.29) is 17.7 Å². The Morgan fingerprint density at radius 2 is 1.74 bits per heavy atom. The second-order valence-corrected chi connectivity index (χ2v) is 9.63. The smallest absolute Gasteiger partial charge is 0.475 e. The number of pyridine rings is 1. The van der Waals surface area contributed by atoms with E-state index in [0.717, 1.165) is 30.6 Å². The number of aryl methyl sites for hydroxylation is 1. The normalized spacial score (nSPS) is 21.0. The number of hydrogen-bond acceptors (Lipinski definition) is 5. The molecule has 12 heteroatoms. The van der Waals surface area contributed by atoms with Gasteiger partial charge in [-0.1, -0.05) is 30.3 Å². The van der Waals surface area contributed by atoms with E-state index >= 15 is 0 Å². The molecule has 206 valence electrons. The molecule has 2 amide bonds. The van der Waals surface area contributed by atoms with E-state index in [0.29, 0.717) is 25.2 Å². The zero-order valence-electron chi connectivity index (χ0n) is 21.2. The minimum Gasteiger partial charge on any atom is -0.475 e. The predicted molar refractivity (Wildman–Crippen MR) is 133 cm³/mol.